The van der Waals surface area contributed by atoms with Gasteiger partial charge in [-0.05, 0) is 18.6 Å². The molecule has 1 atom stereocenters. The highest BCUT2D eigenvalue weighted by Gasteiger charge is 2.33. The molecule has 6 heteroatoms. The number of hydrogen-bond donors (Lipinski definition) is 1. The zero-order valence-corrected chi connectivity index (χ0v) is 11.1. The molecule has 1 saturated heterocycles. The van der Waals surface area contributed by atoms with E-state index in [4.69, 9.17) is 0 Å². The van der Waals surface area contributed by atoms with E-state index in [1.165, 1.54) is 11.0 Å². The zero-order valence-electron chi connectivity index (χ0n) is 11.1. The quantitative estimate of drug-likeness (QED) is 0.928. The van der Waals surface area contributed by atoms with Crippen molar-refractivity contribution in [3.8, 4) is 0 Å². The molecule has 0 radical (unpaired) electrons. The molecule has 104 valence electrons. The van der Waals surface area contributed by atoms with Crippen molar-refractivity contribution >= 4 is 17.3 Å². The van der Waals surface area contributed by atoms with E-state index in [1.54, 1.807) is 35.3 Å². The fraction of sp³-hybridized carbons (Fsp3) is 0.286. The summed E-state index contributed by atoms with van der Waals surface area (Å²) in [6.45, 7) is 0.512. The first kappa shape index (κ1) is 12.7. The molecule has 1 aromatic carbocycles. The van der Waals surface area contributed by atoms with Crippen LogP contribution in [0.15, 0.2) is 36.7 Å². The van der Waals surface area contributed by atoms with Gasteiger partial charge in [-0.1, -0.05) is 12.1 Å². The van der Waals surface area contributed by atoms with Crippen LogP contribution in [0.1, 0.15) is 6.42 Å². The number of aromatic nitrogens is 2. The van der Waals surface area contributed by atoms with Crippen molar-refractivity contribution in [3.05, 3.63) is 42.5 Å². The monoisotopic (exact) mass is 274 g/mol. The van der Waals surface area contributed by atoms with E-state index in [-0.39, 0.29) is 17.8 Å². The smallest absolute Gasteiger partial charge is 0.249 e. The molecule has 2 heterocycles. The van der Waals surface area contributed by atoms with Gasteiger partial charge in [-0.25, -0.2) is 4.39 Å². The predicted molar refractivity (Wildman–Crippen MR) is 74.0 cm³/mol. The summed E-state index contributed by atoms with van der Waals surface area (Å²) < 4.78 is 15.4. The van der Waals surface area contributed by atoms with Crippen molar-refractivity contribution in [2.45, 2.75) is 12.5 Å². The lowest BCUT2D eigenvalue weighted by Crippen LogP contribution is -2.33. The van der Waals surface area contributed by atoms with Crippen LogP contribution in [0.2, 0.25) is 0 Å². The van der Waals surface area contributed by atoms with Gasteiger partial charge in [-0.15, -0.1) is 0 Å². The summed E-state index contributed by atoms with van der Waals surface area (Å²) in [4.78, 5) is 13.8. The third-order valence-electron chi connectivity index (χ3n) is 3.39. The minimum atomic E-state index is -0.372. The van der Waals surface area contributed by atoms with Crippen molar-refractivity contribution in [2.75, 3.05) is 16.8 Å². The van der Waals surface area contributed by atoms with Gasteiger partial charge in [0.15, 0.2) is 0 Å². The Morgan fingerprint density at radius 2 is 2.20 bits per heavy atom. The molecule has 0 bridgehead atoms. The molecule has 1 unspecified atom stereocenters. The Bertz CT molecular complexity index is 640. The third kappa shape index (κ3) is 2.24. The number of carbonyl (C=O) groups is 1. The molecule has 0 saturated carbocycles. The van der Waals surface area contributed by atoms with E-state index in [1.807, 2.05) is 7.05 Å². The first-order valence-electron chi connectivity index (χ1n) is 6.46. The van der Waals surface area contributed by atoms with E-state index in [9.17, 15) is 9.18 Å². The molecule has 3 rings (SSSR count). The van der Waals surface area contributed by atoms with Crippen LogP contribution in [0, 0.1) is 5.82 Å². The molecule has 1 N–H and O–H groups in total. The van der Waals surface area contributed by atoms with E-state index in [0.29, 0.717) is 18.7 Å². The van der Waals surface area contributed by atoms with Gasteiger partial charge >= 0.3 is 0 Å². The van der Waals surface area contributed by atoms with Gasteiger partial charge in [-0.3, -0.25) is 9.48 Å². The zero-order chi connectivity index (χ0) is 14.1. The molecule has 0 spiro atoms. The van der Waals surface area contributed by atoms with Gasteiger partial charge in [0.2, 0.25) is 5.91 Å². The summed E-state index contributed by atoms with van der Waals surface area (Å²) in [5, 5.41) is 7.18. The van der Waals surface area contributed by atoms with Gasteiger partial charge in [0.25, 0.3) is 0 Å². The molecule has 1 amide bonds. The van der Waals surface area contributed by atoms with Crippen LogP contribution in [0.5, 0.6) is 0 Å². The number of carbonyl (C=O) groups excluding carboxylic acids is 1. The number of amides is 1. The van der Waals surface area contributed by atoms with Crippen molar-refractivity contribution in [1.82, 2.24) is 9.78 Å². The van der Waals surface area contributed by atoms with E-state index >= 15 is 0 Å². The predicted octanol–water partition coefficient (Wildman–Crippen LogP) is 1.78. The Morgan fingerprint density at radius 1 is 1.40 bits per heavy atom. The largest absolute Gasteiger partial charge is 0.371 e. The maximum absolute atomic E-state index is 13.7. The molecule has 2 aromatic rings. The average Bonchev–Trinajstić information content (AvgIpc) is 2.99. The van der Waals surface area contributed by atoms with Gasteiger partial charge in [-0.2, -0.15) is 5.10 Å². The number of rotatable bonds is 3. The van der Waals surface area contributed by atoms with E-state index < -0.39 is 0 Å². The van der Waals surface area contributed by atoms with E-state index in [0.717, 1.165) is 5.69 Å². The van der Waals surface area contributed by atoms with Crippen LogP contribution in [0.4, 0.5) is 15.8 Å². The fourth-order valence-electron chi connectivity index (χ4n) is 2.42. The second-order valence-electron chi connectivity index (χ2n) is 4.83. The molecule has 1 aromatic heterocycles. The van der Waals surface area contributed by atoms with Crippen molar-refractivity contribution in [1.29, 1.82) is 0 Å². The summed E-state index contributed by atoms with van der Waals surface area (Å²) in [5.41, 5.74) is 1.13. The Labute approximate surface area is 116 Å². The Kier molecular flexibility index (Phi) is 3.14. The number of hydrogen-bond acceptors (Lipinski definition) is 3. The number of nitrogens with one attached hydrogen (secondary N) is 1. The normalized spacial score (nSPS) is 18.6. The van der Waals surface area contributed by atoms with Crippen molar-refractivity contribution < 1.29 is 9.18 Å². The standard InChI is InChI=1S/C14H15FN4O/c1-18-9-10(8-16-18)17-12-6-7-19(14(12)20)13-5-3-2-4-11(13)15/h2-5,8-9,12,17H,6-7H2,1H3. The number of anilines is 2. The fourth-order valence-corrected chi connectivity index (χ4v) is 2.42. The second-order valence-corrected chi connectivity index (χ2v) is 4.83. The third-order valence-corrected chi connectivity index (χ3v) is 3.39. The highest BCUT2D eigenvalue weighted by Crippen LogP contribution is 2.25. The van der Waals surface area contributed by atoms with Gasteiger partial charge < -0.3 is 10.2 Å². The molecule has 1 aliphatic rings. The molecule has 1 fully saturated rings. The number of halogens is 1. The lowest BCUT2D eigenvalue weighted by molar-refractivity contribution is -0.117. The SMILES string of the molecule is Cn1cc(NC2CCN(c3ccccc3F)C2=O)cn1. The highest BCUT2D eigenvalue weighted by atomic mass is 19.1. The summed E-state index contributed by atoms with van der Waals surface area (Å²) in [6.07, 6.45) is 4.11. The summed E-state index contributed by atoms with van der Waals surface area (Å²) in [7, 11) is 1.81. The maximum Gasteiger partial charge on any atom is 0.249 e. The molecule has 5 nitrogen and oxygen atoms in total. The topological polar surface area (TPSA) is 50.2 Å². The minimum absolute atomic E-state index is 0.112. The number of benzene rings is 1. The Morgan fingerprint density at radius 3 is 2.90 bits per heavy atom. The van der Waals surface area contributed by atoms with Crippen LogP contribution in [-0.2, 0) is 11.8 Å². The highest BCUT2D eigenvalue weighted by molar-refractivity contribution is 6.01. The first-order valence-corrected chi connectivity index (χ1v) is 6.46. The lowest BCUT2D eigenvalue weighted by atomic mass is 10.2. The molecule has 0 aliphatic carbocycles. The van der Waals surface area contributed by atoms with Crippen LogP contribution < -0.4 is 10.2 Å². The Hall–Kier alpha value is -2.37. The number of para-hydroxylation sites is 1. The minimum Gasteiger partial charge on any atom is -0.371 e. The average molecular weight is 274 g/mol. The molecular weight excluding hydrogens is 259 g/mol. The van der Waals surface area contributed by atoms with Gasteiger partial charge in [0.05, 0.1) is 17.6 Å². The maximum atomic E-state index is 13.7. The lowest BCUT2D eigenvalue weighted by Gasteiger charge is -2.17. The molecule has 1 aliphatic heterocycles. The van der Waals surface area contributed by atoms with Crippen LogP contribution in [0.3, 0.4) is 0 Å². The van der Waals surface area contributed by atoms with Gasteiger partial charge in [0.1, 0.15) is 11.9 Å². The number of aryl methyl sites for hydroxylation is 1. The van der Waals surface area contributed by atoms with Crippen molar-refractivity contribution in [3.63, 3.8) is 0 Å². The summed E-state index contributed by atoms with van der Waals surface area (Å²) >= 11 is 0. The van der Waals surface area contributed by atoms with Crippen molar-refractivity contribution in [2.24, 2.45) is 7.05 Å². The van der Waals surface area contributed by atoms with Crippen LogP contribution in [-0.4, -0.2) is 28.3 Å². The number of nitrogens with zero attached hydrogens (tertiary/aromatic N) is 3. The molecule has 20 heavy (non-hydrogen) atoms. The van der Waals surface area contributed by atoms with Gasteiger partial charge in [0, 0.05) is 19.8 Å². The first-order chi connectivity index (χ1) is 9.65. The van der Waals surface area contributed by atoms with Crippen LogP contribution >= 0.6 is 0 Å². The second kappa shape index (κ2) is 4.96. The van der Waals surface area contributed by atoms with Crippen LogP contribution in [0.25, 0.3) is 0 Å². The molecular formula is C14H15FN4O. The summed E-state index contributed by atoms with van der Waals surface area (Å²) in [5.74, 6) is -0.484. The Balaban J connectivity index is 1.76. The summed E-state index contributed by atoms with van der Waals surface area (Å²) in [6, 6.07) is 6.00. The van der Waals surface area contributed by atoms with E-state index in [2.05, 4.69) is 10.4 Å².